The number of anilines is 2. The minimum atomic E-state index is -0.323. The second-order valence-corrected chi connectivity index (χ2v) is 5.56. The largest absolute Gasteiger partial charge is 0.497 e. The van der Waals surface area contributed by atoms with Gasteiger partial charge in [-0.2, -0.15) is 0 Å². The smallest absolute Gasteiger partial charge is 0.274 e. The first-order chi connectivity index (χ1) is 12.1. The van der Waals surface area contributed by atoms with E-state index in [1.165, 1.54) is 13.4 Å². The average Bonchev–Trinajstić information content (AvgIpc) is 2.66. The molecule has 0 fully saturated rings. The Morgan fingerprint density at radius 1 is 1.20 bits per heavy atom. The second-order valence-electron chi connectivity index (χ2n) is 5.56. The van der Waals surface area contributed by atoms with Crippen LogP contribution in [0.25, 0.3) is 0 Å². The zero-order valence-corrected chi connectivity index (χ0v) is 15.1. The molecule has 7 nitrogen and oxygen atoms in total. The maximum Gasteiger partial charge on any atom is 0.274 e. The number of methoxy groups -OCH3 is 2. The van der Waals surface area contributed by atoms with Crippen molar-refractivity contribution in [3.63, 3.8) is 0 Å². The van der Waals surface area contributed by atoms with Crippen LogP contribution in [0.5, 0.6) is 11.5 Å². The molecule has 0 spiro atoms. The molecule has 0 atom stereocenters. The number of rotatable bonds is 8. The molecule has 0 aliphatic heterocycles. The molecule has 0 radical (unpaired) electrons. The van der Waals surface area contributed by atoms with Crippen LogP contribution >= 0.6 is 0 Å². The van der Waals surface area contributed by atoms with Crippen LogP contribution in [0.2, 0.25) is 0 Å². The van der Waals surface area contributed by atoms with Gasteiger partial charge in [0.2, 0.25) is 0 Å². The van der Waals surface area contributed by atoms with Gasteiger partial charge in [-0.05, 0) is 18.6 Å². The molecule has 25 heavy (non-hydrogen) atoms. The standard InChI is InChI=1S/C18H24N4O3/c1-5-6-9-22(2)17-11-15(19-12-20-17)18(23)21-14-8-7-13(24-3)10-16(14)25-4/h7-8,10-12H,5-6,9H2,1-4H3,(H,21,23). The van der Waals surface area contributed by atoms with Gasteiger partial charge in [-0.3, -0.25) is 4.79 Å². The Hall–Kier alpha value is -2.83. The minimum Gasteiger partial charge on any atom is -0.497 e. The summed E-state index contributed by atoms with van der Waals surface area (Å²) in [5.74, 6) is 1.56. The molecule has 134 valence electrons. The Kier molecular flexibility index (Phi) is 6.56. The Morgan fingerprint density at radius 2 is 2.00 bits per heavy atom. The summed E-state index contributed by atoms with van der Waals surface area (Å²) in [6.07, 6.45) is 3.56. The molecule has 1 N–H and O–H groups in total. The minimum absolute atomic E-state index is 0.297. The van der Waals surface area contributed by atoms with Crippen molar-refractivity contribution in [1.29, 1.82) is 0 Å². The van der Waals surface area contributed by atoms with Crippen molar-refractivity contribution < 1.29 is 14.3 Å². The van der Waals surface area contributed by atoms with E-state index in [-0.39, 0.29) is 5.91 Å². The molecule has 2 rings (SSSR count). The summed E-state index contributed by atoms with van der Waals surface area (Å²) in [4.78, 5) is 22.8. The number of hydrogen-bond acceptors (Lipinski definition) is 6. The van der Waals surface area contributed by atoms with Crippen LogP contribution in [0.3, 0.4) is 0 Å². The van der Waals surface area contributed by atoms with Gasteiger partial charge in [0.15, 0.2) is 0 Å². The highest BCUT2D eigenvalue weighted by molar-refractivity contribution is 6.04. The van der Waals surface area contributed by atoms with E-state index in [4.69, 9.17) is 9.47 Å². The Morgan fingerprint density at radius 3 is 2.68 bits per heavy atom. The second kappa shape index (κ2) is 8.86. The van der Waals surface area contributed by atoms with Crippen molar-refractivity contribution in [2.24, 2.45) is 0 Å². The normalized spacial score (nSPS) is 10.2. The van der Waals surface area contributed by atoms with E-state index in [1.807, 2.05) is 11.9 Å². The number of aromatic nitrogens is 2. The SMILES string of the molecule is CCCCN(C)c1cc(C(=O)Nc2ccc(OC)cc2OC)ncn1. The zero-order valence-electron chi connectivity index (χ0n) is 15.1. The van der Waals surface area contributed by atoms with Crippen molar-refractivity contribution in [2.45, 2.75) is 19.8 Å². The average molecular weight is 344 g/mol. The quantitative estimate of drug-likeness (QED) is 0.793. The van der Waals surface area contributed by atoms with Crippen LogP contribution in [0, 0.1) is 0 Å². The predicted octanol–water partition coefficient (Wildman–Crippen LogP) is 2.98. The van der Waals surface area contributed by atoms with E-state index >= 15 is 0 Å². The fourth-order valence-electron chi connectivity index (χ4n) is 2.28. The van der Waals surface area contributed by atoms with Crippen molar-refractivity contribution >= 4 is 17.4 Å². The van der Waals surface area contributed by atoms with E-state index in [1.54, 1.807) is 31.4 Å². The molecule has 0 unspecified atom stereocenters. The Bertz CT molecular complexity index is 721. The van der Waals surface area contributed by atoms with Gasteiger partial charge in [0.1, 0.15) is 29.3 Å². The van der Waals surface area contributed by atoms with Crippen molar-refractivity contribution in [2.75, 3.05) is 38.0 Å². The summed E-state index contributed by atoms with van der Waals surface area (Å²) < 4.78 is 10.5. The molecular formula is C18H24N4O3. The first-order valence-corrected chi connectivity index (χ1v) is 8.15. The number of amides is 1. The fourth-order valence-corrected chi connectivity index (χ4v) is 2.28. The van der Waals surface area contributed by atoms with Crippen LogP contribution in [-0.4, -0.2) is 43.7 Å². The number of nitrogens with one attached hydrogen (secondary N) is 1. The van der Waals surface area contributed by atoms with Crippen LogP contribution in [0.15, 0.2) is 30.6 Å². The third-order valence-corrected chi connectivity index (χ3v) is 3.78. The molecule has 1 heterocycles. The molecule has 2 aromatic rings. The first-order valence-electron chi connectivity index (χ1n) is 8.15. The third-order valence-electron chi connectivity index (χ3n) is 3.78. The predicted molar refractivity (Wildman–Crippen MR) is 97.7 cm³/mol. The lowest BCUT2D eigenvalue weighted by Gasteiger charge is -2.18. The molecule has 0 aliphatic rings. The lowest BCUT2D eigenvalue weighted by atomic mass is 10.2. The van der Waals surface area contributed by atoms with E-state index in [9.17, 15) is 4.79 Å². The number of ether oxygens (including phenoxy) is 2. The van der Waals surface area contributed by atoms with Gasteiger partial charge in [-0.25, -0.2) is 9.97 Å². The van der Waals surface area contributed by atoms with E-state index in [2.05, 4.69) is 22.2 Å². The Labute approximate surface area is 148 Å². The van der Waals surface area contributed by atoms with Crippen molar-refractivity contribution in [3.05, 3.63) is 36.3 Å². The van der Waals surface area contributed by atoms with E-state index in [0.717, 1.165) is 25.2 Å². The highest BCUT2D eigenvalue weighted by atomic mass is 16.5. The van der Waals surface area contributed by atoms with Gasteiger partial charge < -0.3 is 19.7 Å². The number of carbonyl (C=O) groups is 1. The van der Waals surface area contributed by atoms with Gasteiger partial charge in [0.05, 0.1) is 19.9 Å². The number of hydrogen-bond donors (Lipinski definition) is 1. The molecule has 1 amide bonds. The number of nitrogens with zero attached hydrogens (tertiary/aromatic N) is 3. The van der Waals surface area contributed by atoms with Crippen molar-refractivity contribution in [3.8, 4) is 11.5 Å². The molecule has 0 bridgehead atoms. The third kappa shape index (κ3) is 4.82. The lowest BCUT2D eigenvalue weighted by molar-refractivity contribution is 0.102. The van der Waals surface area contributed by atoms with Gasteiger partial charge in [0, 0.05) is 25.7 Å². The van der Waals surface area contributed by atoms with Crippen LogP contribution in [0.1, 0.15) is 30.3 Å². The van der Waals surface area contributed by atoms with Crippen LogP contribution in [-0.2, 0) is 0 Å². The Balaban J connectivity index is 2.16. The van der Waals surface area contributed by atoms with E-state index < -0.39 is 0 Å². The maximum absolute atomic E-state index is 12.5. The molecule has 0 saturated carbocycles. The van der Waals surface area contributed by atoms with Crippen LogP contribution in [0.4, 0.5) is 11.5 Å². The number of unbranched alkanes of at least 4 members (excludes halogenated alkanes) is 1. The summed E-state index contributed by atoms with van der Waals surface area (Å²) in [6.45, 7) is 3.01. The molecular weight excluding hydrogens is 320 g/mol. The summed E-state index contributed by atoms with van der Waals surface area (Å²) in [5, 5.41) is 2.81. The maximum atomic E-state index is 12.5. The fraction of sp³-hybridized carbons (Fsp3) is 0.389. The summed E-state index contributed by atoms with van der Waals surface area (Å²) in [6, 6.07) is 6.87. The summed E-state index contributed by atoms with van der Waals surface area (Å²) >= 11 is 0. The molecule has 1 aromatic carbocycles. The summed E-state index contributed by atoms with van der Waals surface area (Å²) in [5.41, 5.74) is 0.846. The van der Waals surface area contributed by atoms with Crippen molar-refractivity contribution in [1.82, 2.24) is 9.97 Å². The molecule has 1 aromatic heterocycles. The van der Waals surface area contributed by atoms with Gasteiger partial charge >= 0.3 is 0 Å². The number of carbonyl (C=O) groups excluding carboxylic acids is 1. The van der Waals surface area contributed by atoms with Crippen LogP contribution < -0.4 is 19.7 Å². The molecule has 0 aliphatic carbocycles. The van der Waals surface area contributed by atoms with Gasteiger partial charge in [-0.1, -0.05) is 13.3 Å². The monoisotopic (exact) mass is 344 g/mol. The first kappa shape index (κ1) is 18.5. The van der Waals surface area contributed by atoms with Gasteiger partial charge in [0.25, 0.3) is 5.91 Å². The highest BCUT2D eigenvalue weighted by Gasteiger charge is 2.14. The number of benzene rings is 1. The molecule has 7 heteroatoms. The van der Waals surface area contributed by atoms with E-state index in [0.29, 0.717) is 22.9 Å². The zero-order chi connectivity index (χ0) is 18.2. The lowest BCUT2D eigenvalue weighted by Crippen LogP contribution is -2.21. The van der Waals surface area contributed by atoms with Gasteiger partial charge in [-0.15, -0.1) is 0 Å². The topological polar surface area (TPSA) is 76.6 Å². The summed E-state index contributed by atoms with van der Waals surface area (Å²) in [7, 11) is 5.06. The highest BCUT2D eigenvalue weighted by Crippen LogP contribution is 2.29. The molecule has 0 saturated heterocycles.